The van der Waals surface area contributed by atoms with Crippen LogP contribution in [0.5, 0.6) is 0 Å². The third kappa shape index (κ3) is 5.44. The Morgan fingerprint density at radius 2 is 1.81 bits per heavy atom. The van der Waals surface area contributed by atoms with Crippen molar-refractivity contribution in [1.29, 1.82) is 0 Å². The lowest BCUT2D eigenvalue weighted by Gasteiger charge is -2.62. The number of halogens is 3. The molecule has 3 aliphatic heterocycles. The monoisotopic (exact) mass is 585 g/mol. The maximum Gasteiger partial charge on any atom is 0.416 e. The molecule has 5 heterocycles. The fourth-order valence-corrected chi connectivity index (χ4v) is 6.40. The summed E-state index contributed by atoms with van der Waals surface area (Å²) >= 11 is 0. The first-order valence-corrected chi connectivity index (χ1v) is 14.5. The van der Waals surface area contributed by atoms with Crippen molar-refractivity contribution in [3.63, 3.8) is 0 Å². The Labute approximate surface area is 244 Å². The van der Waals surface area contributed by atoms with Crippen molar-refractivity contribution >= 4 is 17.4 Å². The number of ether oxygens (including phenoxy) is 2. The third-order valence-corrected chi connectivity index (χ3v) is 8.67. The normalized spacial score (nSPS) is 19.2. The lowest BCUT2D eigenvalue weighted by Crippen LogP contribution is -2.77. The summed E-state index contributed by atoms with van der Waals surface area (Å²) in [6.07, 6.45) is -1.41. The molecule has 3 saturated heterocycles. The molecule has 0 unspecified atom stereocenters. The fourth-order valence-electron chi connectivity index (χ4n) is 6.40. The molecule has 0 atom stereocenters. The number of rotatable bonds is 5. The second-order valence-electron chi connectivity index (χ2n) is 12.7. The third-order valence-electron chi connectivity index (χ3n) is 8.67. The van der Waals surface area contributed by atoms with E-state index in [-0.39, 0.29) is 17.2 Å². The zero-order valence-electron chi connectivity index (χ0n) is 24.6. The Morgan fingerprint density at radius 3 is 2.45 bits per heavy atom. The summed E-state index contributed by atoms with van der Waals surface area (Å²) in [4.78, 5) is 24.1. The summed E-state index contributed by atoms with van der Waals surface area (Å²) in [5.41, 5.74) is 2.98. The van der Waals surface area contributed by atoms with E-state index in [9.17, 15) is 18.0 Å². The topological polar surface area (TPSA) is 62.5 Å². The zero-order valence-corrected chi connectivity index (χ0v) is 24.6. The number of hydrogen-bond donors (Lipinski definition) is 0. The number of imidazole rings is 1. The molecule has 8 nitrogen and oxygen atoms in total. The van der Waals surface area contributed by atoms with Gasteiger partial charge in [-0.3, -0.25) is 9.80 Å². The summed E-state index contributed by atoms with van der Waals surface area (Å²) in [7, 11) is 0. The second kappa shape index (κ2) is 10.4. The molecule has 0 aliphatic carbocycles. The molecule has 6 rings (SSSR count). The molecule has 42 heavy (non-hydrogen) atoms. The van der Waals surface area contributed by atoms with Gasteiger partial charge in [0.25, 0.3) is 0 Å². The highest BCUT2D eigenvalue weighted by Gasteiger charge is 2.56. The van der Waals surface area contributed by atoms with Gasteiger partial charge in [-0.2, -0.15) is 13.2 Å². The minimum Gasteiger partial charge on any atom is -0.444 e. The Balaban J connectivity index is 1.29. The van der Waals surface area contributed by atoms with E-state index < -0.39 is 17.3 Å². The molecule has 2 aromatic heterocycles. The van der Waals surface area contributed by atoms with E-state index in [0.717, 1.165) is 48.3 Å². The van der Waals surface area contributed by atoms with Crippen molar-refractivity contribution in [3.8, 4) is 0 Å². The predicted molar refractivity (Wildman–Crippen MR) is 153 cm³/mol. The van der Waals surface area contributed by atoms with Crippen LogP contribution < -0.4 is 4.90 Å². The van der Waals surface area contributed by atoms with Gasteiger partial charge >= 0.3 is 12.3 Å². The number of carbonyl (C=O) groups is 1. The number of likely N-dealkylation sites (tertiary alicyclic amines) is 2. The van der Waals surface area contributed by atoms with Gasteiger partial charge in [0.15, 0.2) is 0 Å². The van der Waals surface area contributed by atoms with E-state index in [2.05, 4.69) is 9.80 Å². The average molecular weight is 586 g/mol. The summed E-state index contributed by atoms with van der Waals surface area (Å²) in [5, 5.41) is 0. The second-order valence-corrected chi connectivity index (χ2v) is 12.7. The van der Waals surface area contributed by atoms with Crippen LogP contribution in [-0.2, 0) is 28.6 Å². The number of pyridine rings is 1. The lowest BCUT2D eigenvalue weighted by molar-refractivity contribution is -0.138. The predicted octanol–water partition coefficient (Wildman–Crippen LogP) is 5.28. The van der Waals surface area contributed by atoms with E-state index in [0.29, 0.717) is 51.4 Å². The summed E-state index contributed by atoms with van der Waals surface area (Å²) < 4.78 is 54.4. The van der Waals surface area contributed by atoms with Crippen LogP contribution in [0.3, 0.4) is 0 Å². The molecular formula is C31H38F3N5O3. The van der Waals surface area contributed by atoms with Crippen LogP contribution in [-0.4, -0.2) is 82.4 Å². The standard InChI is InChI=1S/C31H38F3N5O3/c1-21-22(6-5-7-24(21)31(32,33)34)16-26-25(35-27-9-8-23(17-38(26)27)37-12-14-41-15-13-37)18-36-19-30(20-36)10-11-39(30)28(40)42-29(2,3)4/h5-9,17H,10-16,18-20H2,1-4H3. The molecule has 3 aromatic rings. The van der Waals surface area contributed by atoms with Crippen molar-refractivity contribution in [2.75, 3.05) is 50.8 Å². The van der Waals surface area contributed by atoms with Crippen molar-refractivity contribution in [3.05, 3.63) is 64.6 Å². The number of benzene rings is 1. The molecule has 1 aromatic carbocycles. The van der Waals surface area contributed by atoms with Crippen LogP contribution in [0.2, 0.25) is 0 Å². The SMILES string of the molecule is Cc1c(Cc2c(CN3CC4(CCN4C(=O)OC(C)(C)C)C3)nc3ccc(N4CCOCC4)cn23)cccc1C(F)(F)F. The van der Waals surface area contributed by atoms with E-state index in [1.165, 1.54) is 6.07 Å². The van der Waals surface area contributed by atoms with Crippen LogP contribution in [0.4, 0.5) is 23.7 Å². The molecule has 0 radical (unpaired) electrons. The van der Waals surface area contributed by atoms with Crippen LogP contribution in [0.1, 0.15) is 55.3 Å². The van der Waals surface area contributed by atoms with Crippen molar-refractivity contribution in [2.24, 2.45) is 0 Å². The molecule has 3 aliphatic rings. The number of nitrogens with zero attached hydrogens (tertiary/aromatic N) is 5. The lowest BCUT2D eigenvalue weighted by atomic mass is 9.77. The Hall–Kier alpha value is -3.31. The van der Waals surface area contributed by atoms with Crippen molar-refractivity contribution in [2.45, 2.75) is 64.4 Å². The molecular weight excluding hydrogens is 547 g/mol. The van der Waals surface area contributed by atoms with Gasteiger partial charge in [-0.15, -0.1) is 0 Å². The van der Waals surface area contributed by atoms with Crippen molar-refractivity contribution < 1.29 is 27.4 Å². The molecule has 11 heteroatoms. The van der Waals surface area contributed by atoms with Crippen LogP contribution >= 0.6 is 0 Å². The number of aromatic nitrogens is 2. The smallest absolute Gasteiger partial charge is 0.416 e. The minimum absolute atomic E-state index is 0.219. The van der Waals surface area contributed by atoms with Gasteiger partial charge in [-0.05, 0) is 63.4 Å². The Bertz CT molecular complexity index is 1480. The maximum atomic E-state index is 13.7. The van der Waals surface area contributed by atoms with Gasteiger partial charge in [-0.25, -0.2) is 9.78 Å². The van der Waals surface area contributed by atoms with Crippen LogP contribution in [0.25, 0.3) is 5.65 Å². The van der Waals surface area contributed by atoms with Gasteiger partial charge in [0.1, 0.15) is 11.2 Å². The minimum atomic E-state index is -4.42. The highest BCUT2D eigenvalue weighted by atomic mass is 19.4. The van der Waals surface area contributed by atoms with Crippen molar-refractivity contribution in [1.82, 2.24) is 19.2 Å². The molecule has 3 fully saturated rings. The molecule has 0 N–H and O–H groups in total. The average Bonchev–Trinajstić information content (AvgIpc) is 3.21. The van der Waals surface area contributed by atoms with Gasteiger partial charge in [0.2, 0.25) is 0 Å². The number of anilines is 1. The number of morpholine rings is 1. The fraction of sp³-hybridized carbons (Fsp3) is 0.548. The van der Waals surface area contributed by atoms with Crippen LogP contribution in [0.15, 0.2) is 36.5 Å². The summed E-state index contributed by atoms with van der Waals surface area (Å²) in [5.74, 6) is 0. The van der Waals surface area contributed by atoms with E-state index in [1.807, 2.05) is 48.4 Å². The summed E-state index contributed by atoms with van der Waals surface area (Å²) in [6.45, 7) is 12.7. The van der Waals surface area contributed by atoms with Gasteiger partial charge in [0, 0.05) is 51.9 Å². The van der Waals surface area contributed by atoms with E-state index in [1.54, 1.807) is 13.0 Å². The number of hydrogen-bond acceptors (Lipinski definition) is 6. The Morgan fingerprint density at radius 1 is 1.07 bits per heavy atom. The zero-order chi connectivity index (χ0) is 29.9. The molecule has 1 amide bonds. The summed E-state index contributed by atoms with van der Waals surface area (Å²) in [6, 6.07) is 8.41. The number of amides is 1. The maximum absolute atomic E-state index is 13.7. The van der Waals surface area contributed by atoms with E-state index >= 15 is 0 Å². The Kier molecular flexibility index (Phi) is 7.16. The largest absolute Gasteiger partial charge is 0.444 e. The van der Waals surface area contributed by atoms with Gasteiger partial charge in [-0.1, -0.05) is 12.1 Å². The van der Waals surface area contributed by atoms with E-state index in [4.69, 9.17) is 14.5 Å². The molecule has 226 valence electrons. The first-order valence-electron chi connectivity index (χ1n) is 14.5. The number of alkyl halides is 3. The first-order chi connectivity index (χ1) is 19.8. The highest BCUT2D eigenvalue weighted by Crippen LogP contribution is 2.41. The molecule has 1 spiro atoms. The molecule has 0 bridgehead atoms. The first kappa shape index (κ1) is 28.8. The van der Waals surface area contributed by atoms with Crippen LogP contribution in [0, 0.1) is 6.92 Å². The quantitative estimate of drug-likeness (QED) is 0.406. The number of fused-ring (bicyclic) bond motifs is 1. The highest BCUT2D eigenvalue weighted by molar-refractivity contribution is 5.71. The molecule has 0 saturated carbocycles. The van der Waals surface area contributed by atoms with Gasteiger partial charge < -0.3 is 18.8 Å². The number of carbonyl (C=O) groups excluding carboxylic acids is 1. The van der Waals surface area contributed by atoms with Gasteiger partial charge in [0.05, 0.1) is 41.4 Å².